The largest absolute Gasteiger partial charge is 0.481 e. The van der Waals surface area contributed by atoms with Crippen LogP contribution in [0.25, 0.3) is 0 Å². The van der Waals surface area contributed by atoms with E-state index in [2.05, 4.69) is 36.1 Å². The van der Waals surface area contributed by atoms with Crippen molar-refractivity contribution in [2.45, 2.75) is 52.5 Å². The summed E-state index contributed by atoms with van der Waals surface area (Å²) >= 11 is 0. The standard InChI is InChI=1S/C16H30N4O2.ClH/c1-11(20-9-12(2)22-13(3)10-20)7-17-8-15-14(4)18-19(5)16(15)21-6;/h11-13,17H,7-10H2,1-6H3;1H. The van der Waals surface area contributed by atoms with Gasteiger partial charge in [-0.25, -0.2) is 4.68 Å². The number of hydrogen-bond acceptors (Lipinski definition) is 5. The second-order valence-electron chi connectivity index (χ2n) is 6.39. The smallest absolute Gasteiger partial charge is 0.216 e. The lowest BCUT2D eigenvalue weighted by Gasteiger charge is -2.39. The Labute approximate surface area is 145 Å². The maximum absolute atomic E-state index is 5.80. The molecule has 7 heteroatoms. The summed E-state index contributed by atoms with van der Waals surface area (Å²) in [5, 5.41) is 7.96. The van der Waals surface area contributed by atoms with Crippen LogP contribution in [0.4, 0.5) is 0 Å². The van der Waals surface area contributed by atoms with Gasteiger partial charge in [-0.1, -0.05) is 0 Å². The van der Waals surface area contributed by atoms with Gasteiger partial charge in [-0.05, 0) is 27.7 Å². The summed E-state index contributed by atoms with van der Waals surface area (Å²) in [7, 11) is 3.60. The topological polar surface area (TPSA) is 51.6 Å². The van der Waals surface area contributed by atoms with Crippen LogP contribution in [-0.4, -0.2) is 59.7 Å². The van der Waals surface area contributed by atoms with Gasteiger partial charge in [0, 0.05) is 39.3 Å². The first-order valence-corrected chi connectivity index (χ1v) is 8.09. The van der Waals surface area contributed by atoms with Crippen LogP contribution in [0.3, 0.4) is 0 Å². The number of aromatic nitrogens is 2. The fourth-order valence-electron chi connectivity index (χ4n) is 3.25. The molecule has 1 aliphatic rings. The Kier molecular flexibility index (Phi) is 7.80. The summed E-state index contributed by atoms with van der Waals surface area (Å²) in [5.41, 5.74) is 2.16. The predicted octanol–water partition coefficient (Wildman–Crippen LogP) is 1.75. The maximum atomic E-state index is 5.80. The van der Waals surface area contributed by atoms with Gasteiger partial charge in [-0.3, -0.25) is 4.90 Å². The Morgan fingerprint density at radius 2 is 1.96 bits per heavy atom. The summed E-state index contributed by atoms with van der Waals surface area (Å²) in [4.78, 5) is 2.50. The normalized spacial score (nSPS) is 23.4. The molecular formula is C16H31ClN4O2. The van der Waals surface area contributed by atoms with E-state index in [0.717, 1.165) is 43.3 Å². The van der Waals surface area contributed by atoms with Crippen LogP contribution in [0.15, 0.2) is 0 Å². The van der Waals surface area contributed by atoms with Gasteiger partial charge >= 0.3 is 0 Å². The van der Waals surface area contributed by atoms with Crippen LogP contribution in [0, 0.1) is 6.92 Å². The van der Waals surface area contributed by atoms with E-state index in [1.807, 2.05) is 14.0 Å². The molecule has 0 saturated carbocycles. The highest BCUT2D eigenvalue weighted by molar-refractivity contribution is 5.85. The average Bonchev–Trinajstić information content (AvgIpc) is 2.71. The minimum absolute atomic E-state index is 0. The molecule has 2 heterocycles. The summed E-state index contributed by atoms with van der Waals surface area (Å²) in [6, 6.07) is 0.483. The number of methoxy groups -OCH3 is 1. The van der Waals surface area contributed by atoms with Gasteiger partial charge < -0.3 is 14.8 Å². The van der Waals surface area contributed by atoms with Crippen LogP contribution < -0.4 is 10.1 Å². The molecule has 0 bridgehead atoms. The lowest BCUT2D eigenvalue weighted by atomic mass is 10.1. The molecular weight excluding hydrogens is 316 g/mol. The molecule has 0 spiro atoms. The zero-order valence-corrected chi connectivity index (χ0v) is 15.9. The van der Waals surface area contributed by atoms with Crippen molar-refractivity contribution in [2.75, 3.05) is 26.7 Å². The minimum Gasteiger partial charge on any atom is -0.481 e. The molecule has 134 valence electrons. The van der Waals surface area contributed by atoms with E-state index in [1.165, 1.54) is 0 Å². The molecule has 0 aromatic carbocycles. The van der Waals surface area contributed by atoms with Crippen LogP contribution in [-0.2, 0) is 18.3 Å². The monoisotopic (exact) mass is 346 g/mol. The van der Waals surface area contributed by atoms with E-state index < -0.39 is 0 Å². The highest BCUT2D eigenvalue weighted by Gasteiger charge is 2.25. The summed E-state index contributed by atoms with van der Waals surface area (Å²) < 4.78 is 13.0. The summed E-state index contributed by atoms with van der Waals surface area (Å²) in [5.74, 6) is 0.839. The van der Waals surface area contributed by atoms with Gasteiger partial charge in [0.25, 0.3) is 0 Å². The van der Waals surface area contributed by atoms with Gasteiger partial charge in [0.05, 0.1) is 30.6 Å². The second kappa shape index (κ2) is 8.87. The summed E-state index contributed by atoms with van der Waals surface area (Å²) in [6.07, 6.45) is 0.624. The molecule has 1 saturated heterocycles. The minimum atomic E-state index is 0. The third-order valence-electron chi connectivity index (χ3n) is 4.29. The van der Waals surface area contributed by atoms with Crippen LogP contribution in [0.2, 0.25) is 0 Å². The molecule has 1 N–H and O–H groups in total. The Bertz CT molecular complexity index is 485. The molecule has 0 aliphatic carbocycles. The zero-order chi connectivity index (χ0) is 16.3. The van der Waals surface area contributed by atoms with E-state index in [-0.39, 0.29) is 12.4 Å². The van der Waals surface area contributed by atoms with Crippen molar-refractivity contribution < 1.29 is 9.47 Å². The van der Waals surface area contributed by atoms with Gasteiger partial charge in [-0.15, -0.1) is 12.4 Å². The van der Waals surface area contributed by atoms with Crippen LogP contribution in [0.5, 0.6) is 5.88 Å². The van der Waals surface area contributed by atoms with Crippen molar-refractivity contribution >= 4 is 12.4 Å². The fraction of sp³-hybridized carbons (Fsp3) is 0.812. The third-order valence-corrected chi connectivity index (χ3v) is 4.29. The van der Waals surface area contributed by atoms with Crippen molar-refractivity contribution in [1.82, 2.24) is 20.0 Å². The SMILES string of the molecule is COc1c(CNCC(C)N2CC(C)OC(C)C2)c(C)nn1C.Cl. The average molecular weight is 347 g/mol. The molecule has 23 heavy (non-hydrogen) atoms. The molecule has 3 atom stereocenters. The first-order chi connectivity index (χ1) is 10.4. The number of aryl methyl sites for hydroxylation is 2. The molecule has 6 nitrogen and oxygen atoms in total. The number of nitrogens with zero attached hydrogens (tertiary/aromatic N) is 3. The Balaban J connectivity index is 0.00000264. The number of hydrogen-bond donors (Lipinski definition) is 1. The van der Waals surface area contributed by atoms with Crippen LogP contribution >= 0.6 is 12.4 Å². The molecule has 2 rings (SSSR count). The van der Waals surface area contributed by atoms with E-state index in [9.17, 15) is 0 Å². The van der Waals surface area contributed by atoms with Crippen molar-refractivity contribution in [1.29, 1.82) is 0 Å². The molecule has 1 aliphatic heterocycles. The van der Waals surface area contributed by atoms with Gasteiger partial charge in [0.2, 0.25) is 5.88 Å². The first-order valence-electron chi connectivity index (χ1n) is 8.09. The number of ether oxygens (including phenoxy) is 2. The van der Waals surface area contributed by atoms with E-state index >= 15 is 0 Å². The molecule has 1 aromatic heterocycles. The number of halogens is 1. The van der Waals surface area contributed by atoms with Crippen molar-refractivity contribution in [3.05, 3.63) is 11.3 Å². The molecule has 1 fully saturated rings. The first kappa shape index (κ1) is 20.2. The molecule has 0 radical (unpaired) electrons. The Hall–Kier alpha value is -0.820. The number of rotatable bonds is 6. The quantitative estimate of drug-likeness (QED) is 0.850. The molecule has 1 aromatic rings. The second-order valence-corrected chi connectivity index (χ2v) is 6.39. The predicted molar refractivity (Wildman–Crippen MR) is 94.5 cm³/mol. The number of nitrogens with one attached hydrogen (secondary N) is 1. The lowest BCUT2D eigenvalue weighted by molar-refractivity contribution is -0.0781. The van der Waals surface area contributed by atoms with E-state index in [1.54, 1.807) is 11.8 Å². The Morgan fingerprint density at radius 3 is 2.52 bits per heavy atom. The molecule has 3 unspecified atom stereocenters. The van der Waals surface area contributed by atoms with E-state index in [4.69, 9.17) is 9.47 Å². The van der Waals surface area contributed by atoms with Crippen molar-refractivity contribution in [3.8, 4) is 5.88 Å². The van der Waals surface area contributed by atoms with Gasteiger partial charge in [0.1, 0.15) is 0 Å². The Morgan fingerprint density at radius 1 is 1.35 bits per heavy atom. The van der Waals surface area contributed by atoms with Gasteiger partial charge in [-0.2, -0.15) is 5.10 Å². The van der Waals surface area contributed by atoms with Crippen LogP contribution in [0.1, 0.15) is 32.0 Å². The van der Waals surface area contributed by atoms with E-state index in [0.29, 0.717) is 18.2 Å². The van der Waals surface area contributed by atoms with Gasteiger partial charge in [0.15, 0.2) is 0 Å². The summed E-state index contributed by atoms with van der Waals surface area (Å²) in [6.45, 7) is 12.3. The maximum Gasteiger partial charge on any atom is 0.216 e. The third kappa shape index (κ3) is 5.08. The molecule has 0 amide bonds. The fourth-order valence-corrected chi connectivity index (χ4v) is 3.25. The number of morpholine rings is 1. The highest BCUT2D eigenvalue weighted by atomic mass is 35.5. The zero-order valence-electron chi connectivity index (χ0n) is 15.1. The van der Waals surface area contributed by atoms with Crippen molar-refractivity contribution in [2.24, 2.45) is 7.05 Å². The lowest BCUT2D eigenvalue weighted by Crippen LogP contribution is -2.51. The van der Waals surface area contributed by atoms with Crippen molar-refractivity contribution in [3.63, 3.8) is 0 Å². The highest BCUT2D eigenvalue weighted by Crippen LogP contribution is 2.20.